The first kappa shape index (κ1) is 16.4. The smallest absolute Gasteiger partial charge is 0.282 e. The van der Waals surface area contributed by atoms with Gasteiger partial charge in [0.25, 0.3) is 11.6 Å². The molecule has 0 saturated heterocycles. The van der Waals surface area contributed by atoms with E-state index in [1.165, 1.54) is 32.4 Å². The van der Waals surface area contributed by atoms with Crippen LogP contribution in [0.4, 0.5) is 5.69 Å². The van der Waals surface area contributed by atoms with E-state index in [1.807, 2.05) is 0 Å². The lowest BCUT2D eigenvalue weighted by molar-refractivity contribution is -0.385. The van der Waals surface area contributed by atoms with Gasteiger partial charge in [-0.05, 0) is 19.1 Å². The highest BCUT2D eigenvalue weighted by molar-refractivity contribution is 6.31. The molecule has 0 spiro atoms. The highest BCUT2D eigenvalue weighted by Gasteiger charge is 2.24. The summed E-state index contributed by atoms with van der Waals surface area (Å²) < 4.78 is 10.0. The lowest BCUT2D eigenvalue weighted by Gasteiger charge is -2.22. The third kappa shape index (κ3) is 3.89. The van der Waals surface area contributed by atoms with Crippen LogP contribution < -0.4 is 5.32 Å². The van der Waals surface area contributed by atoms with Crippen LogP contribution in [0.1, 0.15) is 17.3 Å². The van der Waals surface area contributed by atoms with Gasteiger partial charge in [0.2, 0.25) is 0 Å². The maximum atomic E-state index is 12.1. The largest absolute Gasteiger partial charge is 0.354 e. The van der Waals surface area contributed by atoms with Gasteiger partial charge in [-0.3, -0.25) is 14.9 Å². The summed E-state index contributed by atoms with van der Waals surface area (Å²) in [6.07, 6.45) is -0.655. The zero-order chi connectivity index (χ0) is 15.3. The van der Waals surface area contributed by atoms with Crippen LogP contribution in [0.15, 0.2) is 18.2 Å². The molecule has 1 N–H and O–H groups in total. The Balaban J connectivity index is 2.97. The molecule has 1 rings (SSSR count). The van der Waals surface area contributed by atoms with Crippen LogP contribution in [0.3, 0.4) is 0 Å². The second-order valence-electron chi connectivity index (χ2n) is 4.02. The van der Waals surface area contributed by atoms with Gasteiger partial charge < -0.3 is 14.8 Å². The second kappa shape index (κ2) is 7.18. The summed E-state index contributed by atoms with van der Waals surface area (Å²) in [6.45, 7) is 1.66. The van der Waals surface area contributed by atoms with Crippen molar-refractivity contribution in [3.05, 3.63) is 38.9 Å². The lowest BCUT2D eigenvalue weighted by atomic mass is 10.1. The predicted octanol–water partition coefficient (Wildman–Crippen LogP) is 1.99. The van der Waals surface area contributed by atoms with Crippen LogP contribution in [0, 0.1) is 10.1 Å². The first-order valence-corrected chi connectivity index (χ1v) is 6.09. The van der Waals surface area contributed by atoms with E-state index >= 15 is 0 Å². The van der Waals surface area contributed by atoms with Gasteiger partial charge >= 0.3 is 0 Å². The molecule has 0 bridgehead atoms. The number of carbonyl (C=O) groups excluding carboxylic acids is 1. The Bertz CT molecular complexity index is 505. The minimum atomic E-state index is -0.655. The van der Waals surface area contributed by atoms with E-state index in [-0.39, 0.29) is 16.3 Å². The van der Waals surface area contributed by atoms with Crippen molar-refractivity contribution < 1.29 is 19.2 Å². The number of nitrogens with zero attached hydrogens (tertiary/aromatic N) is 1. The van der Waals surface area contributed by atoms with Crippen LogP contribution in [0.5, 0.6) is 0 Å². The van der Waals surface area contributed by atoms with Gasteiger partial charge in [-0.25, -0.2) is 0 Å². The molecule has 0 heterocycles. The van der Waals surface area contributed by atoms with E-state index in [2.05, 4.69) is 5.32 Å². The molecule has 1 unspecified atom stereocenters. The predicted molar refractivity (Wildman–Crippen MR) is 72.8 cm³/mol. The van der Waals surface area contributed by atoms with Crippen molar-refractivity contribution in [3.63, 3.8) is 0 Å². The van der Waals surface area contributed by atoms with Crippen molar-refractivity contribution >= 4 is 23.2 Å². The number of ether oxygens (including phenoxy) is 2. The highest BCUT2D eigenvalue weighted by Crippen LogP contribution is 2.22. The molecule has 7 nitrogen and oxygen atoms in total. The Morgan fingerprint density at radius 2 is 2.00 bits per heavy atom. The van der Waals surface area contributed by atoms with Crippen molar-refractivity contribution in [1.82, 2.24) is 5.32 Å². The van der Waals surface area contributed by atoms with E-state index in [9.17, 15) is 14.9 Å². The van der Waals surface area contributed by atoms with Crippen molar-refractivity contribution in [2.75, 3.05) is 14.2 Å². The summed E-state index contributed by atoms with van der Waals surface area (Å²) in [5.41, 5.74) is -0.425. The van der Waals surface area contributed by atoms with Crippen LogP contribution in [-0.2, 0) is 9.47 Å². The fourth-order valence-electron chi connectivity index (χ4n) is 1.71. The molecule has 0 radical (unpaired) electrons. The van der Waals surface area contributed by atoms with Crippen LogP contribution in [-0.4, -0.2) is 37.4 Å². The number of carbonyl (C=O) groups is 1. The number of benzene rings is 1. The maximum absolute atomic E-state index is 12.1. The Kier molecular flexibility index (Phi) is 5.87. The van der Waals surface area contributed by atoms with Gasteiger partial charge in [-0.2, -0.15) is 0 Å². The van der Waals surface area contributed by atoms with E-state index < -0.39 is 23.2 Å². The van der Waals surface area contributed by atoms with Gasteiger partial charge in [-0.1, -0.05) is 11.6 Å². The molecule has 0 fully saturated rings. The Morgan fingerprint density at radius 3 is 2.50 bits per heavy atom. The summed E-state index contributed by atoms with van der Waals surface area (Å²) in [7, 11) is 2.86. The molecule has 0 aliphatic heterocycles. The molecule has 8 heteroatoms. The number of amides is 1. The first-order valence-electron chi connectivity index (χ1n) is 5.71. The van der Waals surface area contributed by atoms with Crippen LogP contribution in [0.25, 0.3) is 0 Å². The number of rotatable bonds is 6. The quantitative estimate of drug-likeness (QED) is 0.493. The minimum absolute atomic E-state index is 0.111. The zero-order valence-electron chi connectivity index (χ0n) is 11.3. The van der Waals surface area contributed by atoms with Gasteiger partial charge in [-0.15, -0.1) is 0 Å². The second-order valence-corrected chi connectivity index (χ2v) is 4.46. The number of halogens is 1. The average Bonchev–Trinajstić information content (AvgIpc) is 2.39. The van der Waals surface area contributed by atoms with Gasteiger partial charge in [0, 0.05) is 25.3 Å². The molecule has 1 aromatic rings. The van der Waals surface area contributed by atoms with Crippen molar-refractivity contribution in [2.45, 2.75) is 19.3 Å². The van der Waals surface area contributed by atoms with Gasteiger partial charge in [0.1, 0.15) is 5.56 Å². The molecule has 1 atom stereocenters. The normalized spacial score (nSPS) is 12.2. The standard InChI is InChI=1S/C12H15ClN2O5/c1-7(12(19-2)20-3)14-11(16)9-6-8(13)4-5-10(9)15(17)18/h4-7,12H,1-3H3,(H,14,16). The Hall–Kier alpha value is -1.70. The number of nitro benzene ring substituents is 1. The lowest BCUT2D eigenvalue weighted by Crippen LogP contribution is -2.43. The molecule has 1 amide bonds. The monoisotopic (exact) mass is 302 g/mol. The van der Waals surface area contributed by atoms with E-state index in [1.54, 1.807) is 6.92 Å². The molecular formula is C12H15ClN2O5. The van der Waals surface area contributed by atoms with Crippen molar-refractivity contribution in [3.8, 4) is 0 Å². The maximum Gasteiger partial charge on any atom is 0.282 e. The average molecular weight is 303 g/mol. The number of hydrogen-bond donors (Lipinski definition) is 1. The third-order valence-electron chi connectivity index (χ3n) is 2.63. The molecule has 0 aliphatic carbocycles. The van der Waals surface area contributed by atoms with Crippen molar-refractivity contribution in [1.29, 1.82) is 0 Å². The van der Waals surface area contributed by atoms with Crippen LogP contribution in [0.2, 0.25) is 5.02 Å². The van der Waals surface area contributed by atoms with Crippen molar-refractivity contribution in [2.24, 2.45) is 0 Å². The SMILES string of the molecule is COC(OC)C(C)NC(=O)c1cc(Cl)ccc1[N+](=O)[O-]. The van der Waals surface area contributed by atoms with Gasteiger partial charge in [0.05, 0.1) is 11.0 Å². The molecule has 20 heavy (non-hydrogen) atoms. The summed E-state index contributed by atoms with van der Waals surface area (Å²) in [5.74, 6) is -0.620. The fourth-order valence-corrected chi connectivity index (χ4v) is 1.88. The third-order valence-corrected chi connectivity index (χ3v) is 2.87. The highest BCUT2D eigenvalue weighted by atomic mass is 35.5. The summed E-state index contributed by atoms with van der Waals surface area (Å²) in [4.78, 5) is 22.3. The van der Waals surface area contributed by atoms with Gasteiger partial charge in [0.15, 0.2) is 6.29 Å². The Morgan fingerprint density at radius 1 is 1.40 bits per heavy atom. The zero-order valence-corrected chi connectivity index (χ0v) is 12.0. The van der Waals surface area contributed by atoms with E-state index in [4.69, 9.17) is 21.1 Å². The summed E-state index contributed by atoms with van der Waals surface area (Å²) >= 11 is 5.77. The molecule has 0 aliphatic rings. The topological polar surface area (TPSA) is 90.7 Å². The Labute approximate surface area is 121 Å². The molecular weight excluding hydrogens is 288 g/mol. The number of nitrogens with one attached hydrogen (secondary N) is 1. The first-order chi connectivity index (χ1) is 9.40. The van der Waals surface area contributed by atoms with E-state index in [0.717, 1.165) is 0 Å². The summed E-state index contributed by atoms with van der Waals surface area (Å²) in [5, 5.41) is 13.7. The fraction of sp³-hybridized carbons (Fsp3) is 0.417. The number of nitro groups is 1. The van der Waals surface area contributed by atoms with Crippen LogP contribution >= 0.6 is 11.6 Å². The molecule has 1 aromatic carbocycles. The summed E-state index contributed by atoms with van der Waals surface area (Å²) in [6, 6.07) is 3.30. The van der Waals surface area contributed by atoms with E-state index in [0.29, 0.717) is 0 Å². The molecule has 0 saturated carbocycles. The minimum Gasteiger partial charge on any atom is -0.354 e. The number of hydrogen-bond acceptors (Lipinski definition) is 5. The molecule has 110 valence electrons. The molecule has 0 aromatic heterocycles. The number of methoxy groups -OCH3 is 2.